The molecule has 0 saturated heterocycles. The molecule has 3 heteroatoms. The second-order valence-electron chi connectivity index (χ2n) is 16.5. The molecule has 2 heterocycles. The van der Waals surface area contributed by atoms with Crippen molar-refractivity contribution in [2.75, 3.05) is 4.90 Å². The van der Waals surface area contributed by atoms with E-state index in [1.165, 1.54) is 131 Å². The molecule has 0 bridgehead atoms. The molecule has 264 valence electrons. The summed E-state index contributed by atoms with van der Waals surface area (Å²) in [6.07, 6.45) is 6.70. The maximum absolute atomic E-state index is 2.60. The van der Waals surface area contributed by atoms with E-state index in [-0.39, 0.29) is 5.41 Å². The Balaban J connectivity index is 1.25. The number of anilines is 3. The second kappa shape index (κ2) is 11.6. The number of aryl methyl sites for hydroxylation is 2. The molecule has 2 aliphatic rings. The lowest BCUT2D eigenvalue weighted by atomic mass is 9.78. The third-order valence-corrected chi connectivity index (χ3v) is 13.3. The van der Waals surface area contributed by atoms with Crippen LogP contribution in [0.1, 0.15) is 68.6 Å². The number of fused-ring (bicyclic) bond motifs is 11. The molecule has 2 aromatic heterocycles. The van der Waals surface area contributed by atoms with Crippen LogP contribution in [0.2, 0.25) is 0 Å². The molecule has 9 aromatic rings. The highest BCUT2D eigenvalue weighted by Crippen LogP contribution is 2.56. The summed E-state index contributed by atoms with van der Waals surface area (Å²) >= 11 is 0. The van der Waals surface area contributed by atoms with Gasteiger partial charge in [0.25, 0.3) is 0 Å². The van der Waals surface area contributed by atoms with E-state index in [0.717, 1.165) is 0 Å². The third kappa shape index (κ3) is 4.30. The zero-order valence-electron chi connectivity index (χ0n) is 31.7. The Labute approximate surface area is 317 Å². The fraction of sp³-hybridized carbons (Fsp3) is 0.216. The first-order valence-corrected chi connectivity index (χ1v) is 19.9. The summed E-state index contributed by atoms with van der Waals surface area (Å²) in [5.74, 6) is 0.675. The normalized spacial score (nSPS) is 15.5. The number of rotatable bonds is 4. The van der Waals surface area contributed by atoms with Crippen LogP contribution in [0, 0.1) is 0 Å². The number of benzene rings is 7. The molecule has 0 atom stereocenters. The van der Waals surface area contributed by atoms with Crippen LogP contribution in [0.5, 0.6) is 0 Å². The maximum Gasteiger partial charge on any atom is 0.0733 e. The van der Waals surface area contributed by atoms with E-state index in [4.69, 9.17) is 0 Å². The lowest BCUT2D eigenvalue weighted by Crippen LogP contribution is -2.18. The predicted molar refractivity (Wildman–Crippen MR) is 230 cm³/mol. The highest BCUT2D eigenvalue weighted by molar-refractivity contribution is 6.20. The third-order valence-electron chi connectivity index (χ3n) is 13.3. The summed E-state index contributed by atoms with van der Waals surface area (Å²) in [5.41, 5.74) is 15.6. The Bertz CT molecular complexity index is 2980. The van der Waals surface area contributed by atoms with Crippen LogP contribution in [0.25, 0.3) is 65.5 Å². The van der Waals surface area contributed by atoms with Gasteiger partial charge in [0.1, 0.15) is 0 Å². The van der Waals surface area contributed by atoms with E-state index in [1.54, 1.807) is 0 Å². The minimum Gasteiger partial charge on any atom is -0.344 e. The highest BCUT2D eigenvalue weighted by Gasteiger charge is 2.39. The summed E-state index contributed by atoms with van der Waals surface area (Å²) in [7, 11) is 4.44. The van der Waals surface area contributed by atoms with E-state index in [1.807, 2.05) is 0 Å². The second-order valence-corrected chi connectivity index (χ2v) is 16.5. The van der Waals surface area contributed by atoms with Gasteiger partial charge in [-0.2, -0.15) is 0 Å². The van der Waals surface area contributed by atoms with Crippen molar-refractivity contribution in [3.8, 4) is 11.1 Å². The number of hydrogen-bond donors (Lipinski definition) is 0. The van der Waals surface area contributed by atoms with Gasteiger partial charge in [-0.25, -0.2) is 0 Å². The van der Waals surface area contributed by atoms with Gasteiger partial charge in [-0.05, 0) is 88.4 Å². The summed E-state index contributed by atoms with van der Waals surface area (Å²) in [6.45, 7) is 4.92. The quantitative estimate of drug-likeness (QED) is 0.178. The van der Waals surface area contributed by atoms with Crippen molar-refractivity contribution < 1.29 is 0 Å². The summed E-state index contributed by atoms with van der Waals surface area (Å²) < 4.78 is 4.76. The highest BCUT2D eigenvalue weighted by atomic mass is 15.2. The summed E-state index contributed by atoms with van der Waals surface area (Å²) in [5, 5.41) is 7.69. The van der Waals surface area contributed by atoms with Crippen LogP contribution >= 0.6 is 0 Å². The van der Waals surface area contributed by atoms with Gasteiger partial charge in [0.15, 0.2) is 0 Å². The van der Waals surface area contributed by atoms with Gasteiger partial charge >= 0.3 is 0 Å². The largest absolute Gasteiger partial charge is 0.344 e. The first-order chi connectivity index (χ1) is 26.4. The van der Waals surface area contributed by atoms with Gasteiger partial charge in [-0.1, -0.05) is 130 Å². The number of aromatic nitrogens is 2. The molecule has 0 amide bonds. The number of para-hydroxylation sites is 3. The standard InChI is InChI=1S/C51H45N3/c1-51(2)40-30-33(32-16-6-5-7-17-32)28-29-38(40)48-36-20-9-8-18-34(36)47(31-41(48)51)54(45-26-15-25-44-49(45)39-21-11-13-24-43(39)52(44)3)46-27-14-22-37-35-19-10-12-23-42(35)53(4)50(37)46/h8-15,18-32H,5-7,16-17H2,1-4H3. The lowest BCUT2D eigenvalue weighted by molar-refractivity contribution is 0.443. The van der Waals surface area contributed by atoms with Gasteiger partial charge in [-0.3, -0.25) is 0 Å². The Morgan fingerprint density at radius 3 is 1.94 bits per heavy atom. The van der Waals surface area contributed by atoms with Crippen LogP contribution < -0.4 is 4.90 Å². The van der Waals surface area contributed by atoms with Crippen molar-refractivity contribution in [3.05, 3.63) is 150 Å². The molecule has 2 aliphatic carbocycles. The van der Waals surface area contributed by atoms with Gasteiger partial charge < -0.3 is 14.0 Å². The SMILES string of the molecule is Cn1c2ccccc2c2c(N(c3cc4c(c5ccccc35)-c3ccc(C5CCCCC5)cc3C4(C)C)c3cccc4c5ccccc5n(C)c34)cccc21. The average molecular weight is 700 g/mol. The van der Waals surface area contributed by atoms with E-state index in [0.29, 0.717) is 5.92 Å². The Hall–Kier alpha value is -5.80. The fourth-order valence-corrected chi connectivity index (χ4v) is 10.6. The van der Waals surface area contributed by atoms with Crippen LogP contribution in [-0.2, 0) is 19.5 Å². The van der Waals surface area contributed by atoms with Crippen molar-refractivity contribution in [3.63, 3.8) is 0 Å². The smallest absolute Gasteiger partial charge is 0.0733 e. The Morgan fingerprint density at radius 1 is 0.519 bits per heavy atom. The van der Waals surface area contributed by atoms with Crippen molar-refractivity contribution >= 4 is 71.4 Å². The van der Waals surface area contributed by atoms with E-state index in [9.17, 15) is 0 Å². The number of hydrogen-bond acceptors (Lipinski definition) is 1. The van der Waals surface area contributed by atoms with Crippen LogP contribution in [0.15, 0.2) is 133 Å². The molecule has 0 spiro atoms. The number of nitrogens with zero attached hydrogens (tertiary/aromatic N) is 3. The van der Waals surface area contributed by atoms with Crippen molar-refractivity contribution in [2.24, 2.45) is 14.1 Å². The van der Waals surface area contributed by atoms with Gasteiger partial charge in [0.2, 0.25) is 0 Å². The first-order valence-electron chi connectivity index (χ1n) is 19.9. The van der Waals surface area contributed by atoms with E-state index in [2.05, 4.69) is 175 Å². The zero-order chi connectivity index (χ0) is 36.3. The van der Waals surface area contributed by atoms with Crippen LogP contribution in [0.3, 0.4) is 0 Å². The molecule has 0 aliphatic heterocycles. The summed E-state index contributed by atoms with van der Waals surface area (Å²) in [6, 6.07) is 50.7. The minimum atomic E-state index is -0.156. The molecular formula is C51H45N3. The van der Waals surface area contributed by atoms with E-state index < -0.39 is 0 Å². The molecule has 1 saturated carbocycles. The molecule has 0 radical (unpaired) electrons. The summed E-state index contributed by atoms with van der Waals surface area (Å²) in [4.78, 5) is 2.60. The van der Waals surface area contributed by atoms with Crippen LogP contribution in [-0.4, -0.2) is 9.13 Å². The van der Waals surface area contributed by atoms with Gasteiger partial charge in [0, 0.05) is 57.5 Å². The van der Waals surface area contributed by atoms with Gasteiger partial charge in [-0.15, -0.1) is 0 Å². The predicted octanol–water partition coefficient (Wildman–Crippen LogP) is 14.0. The Kier molecular flexibility index (Phi) is 6.81. The van der Waals surface area contributed by atoms with Crippen molar-refractivity contribution in [2.45, 2.75) is 57.3 Å². The van der Waals surface area contributed by atoms with Crippen molar-refractivity contribution in [1.82, 2.24) is 9.13 Å². The molecule has 1 fully saturated rings. The fourth-order valence-electron chi connectivity index (χ4n) is 10.6. The van der Waals surface area contributed by atoms with Gasteiger partial charge in [0.05, 0.1) is 28.1 Å². The first kappa shape index (κ1) is 31.7. The molecule has 7 aromatic carbocycles. The van der Waals surface area contributed by atoms with Crippen LogP contribution in [0.4, 0.5) is 17.1 Å². The molecule has 3 nitrogen and oxygen atoms in total. The van der Waals surface area contributed by atoms with Crippen molar-refractivity contribution in [1.29, 1.82) is 0 Å². The van der Waals surface area contributed by atoms with E-state index >= 15 is 0 Å². The minimum absolute atomic E-state index is 0.156. The molecular weight excluding hydrogens is 655 g/mol. The molecule has 0 unspecified atom stereocenters. The topological polar surface area (TPSA) is 13.1 Å². The average Bonchev–Trinajstić information content (AvgIpc) is 3.77. The zero-order valence-corrected chi connectivity index (χ0v) is 31.7. The molecule has 54 heavy (non-hydrogen) atoms. The maximum atomic E-state index is 2.60. The lowest BCUT2D eigenvalue weighted by Gasteiger charge is -2.31. The molecule has 0 N–H and O–H groups in total. The molecule has 11 rings (SSSR count). The Morgan fingerprint density at radius 2 is 1.15 bits per heavy atom. The monoisotopic (exact) mass is 699 g/mol.